The fraction of sp³-hybridized carbons (Fsp3) is 0.320. The number of piperidine rings is 1. The average Bonchev–Trinajstić information content (AvgIpc) is 2.82. The average molecular weight is 484 g/mol. The summed E-state index contributed by atoms with van der Waals surface area (Å²) in [5.41, 5.74) is 1.71. The molecule has 9 heteroatoms. The maximum atomic E-state index is 13.2. The van der Waals surface area contributed by atoms with Crippen molar-refractivity contribution in [1.82, 2.24) is 9.47 Å². The molecule has 2 atom stereocenters. The minimum Gasteiger partial charge on any atom is -0.497 e. The van der Waals surface area contributed by atoms with Crippen LogP contribution in [0.25, 0.3) is 0 Å². The highest BCUT2D eigenvalue weighted by Crippen LogP contribution is 2.36. The summed E-state index contributed by atoms with van der Waals surface area (Å²) in [7, 11) is -2.40. The van der Waals surface area contributed by atoms with E-state index in [9.17, 15) is 17.6 Å². The molecule has 3 aromatic rings. The molecule has 1 aromatic heterocycles. The van der Waals surface area contributed by atoms with Gasteiger partial charge in [-0.25, -0.2) is 12.8 Å². The number of rotatable bonds is 6. The molecule has 2 bridgehead atoms. The Bertz CT molecular complexity index is 1350. The molecular formula is C25H26FN3O4S. The number of methoxy groups -OCH3 is 1. The van der Waals surface area contributed by atoms with Crippen molar-refractivity contribution in [2.45, 2.75) is 30.3 Å². The van der Waals surface area contributed by atoms with Gasteiger partial charge in [-0.15, -0.1) is 0 Å². The highest BCUT2D eigenvalue weighted by atomic mass is 32.2. The van der Waals surface area contributed by atoms with Gasteiger partial charge in [-0.3, -0.25) is 14.4 Å². The summed E-state index contributed by atoms with van der Waals surface area (Å²) in [5, 5.41) is 0. The maximum absolute atomic E-state index is 13.2. The monoisotopic (exact) mass is 483 g/mol. The Morgan fingerprint density at radius 2 is 1.74 bits per heavy atom. The Balaban J connectivity index is 1.36. The number of benzene rings is 2. The molecule has 0 spiro atoms. The number of fused-ring (bicyclic) bond motifs is 4. The molecule has 1 saturated heterocycles. The van der Waals surface area contributed by atoms with Crippen molar-refractivity contribution >= 4 is 15.7 Å². The molecule has 3 heterocycles. The SMILES string of the molecule is COc1ccc(S(=O)(=O)Nc2ccc3n(c2=O)C[C@H]2C[C@@H]3CN(Cc3ccc(F)cc3)C2)cc1. The van der Waals surface area contributed by atoms with Crippen LogP contribution in [0.1, 0.15) is 23.6 Å². The third-order valence-corrected chi connectivity index (χ3v) is 7.99. The van der Waals surface area contributed by atoms with Gasteiger partial charge in [-0.2, -0.15) is 0 Å². The molecule has 34 heavy (non-hydrogen) atoms. The topological polar surface area (TPSA) is 80.6 Å². The van der Waals surface area contributed by atoms with E-state index >= 15 is 0 Å². The van der Waals surface area contributed by atoms with Gasteiger partial charge in [-0.05, 0) is 66.4 Å². The lowest BCUT2D eigenvalue weighted by Crippen LogP contribution is -2.47. The van der Waals surface area contributed by atoms with Crippen LogP contribution >= 0.6 is 0 Å². The smallest absolute Gasteiger partial charge is 0.275 e. The first-order chi connectivity index (χ1) is 16.3. The Kier molecular flexibility index (Phi) is 5.91. The van der Waals surface area contributed by atoms with E-state index in [-0.39, 0.29) is 33.8 Å². The van der Waals surface area contributed by atoms with Crippen molar-refractivity contribution in [3.63, 3.8) is 0 Å². The maximum Gasteiger partial charge on any atom is 0.275 e. The predicted molar refractivity (Wildman–Crippen MR) is 127 cm³/mol. The first-order valence-corrected chi connectivity index (χ1v) is 12.7. The quantitative estimate of drug-likeness (QED) is 0.581. The number of anilines is 1. The molecule has 2 aromatic carbocycles. The third kappa shape index (κ3) is 4.45. The molecule has 178 valence electrons. The summed E-state index contributed by atoms with van der Waals surface area (Å²) < 4.78 is 48.1. The van der Waals surface area contributed by atoms with Crippen LogP contribution in [0, 0.1) is 11.7 Å². The number of nitrogens with one attached hydrogen (secondary N) is 1. The standard InChI is InChI=1S/C25H26FN3O4S/c1-33-21-6-8-22(9-7-21)34(31,32)27-23-10-11-24-19-12-18(15-29(24)25(23)30)14-28(16-19)13-17-2-4-20(26)5-3-17/h2-11,18-19,27H,12-16H2,1H3/t18-,19+/m0/s1. The van der Waals surface area contributed by atoms with Crippen molar-refractivity contribution in [2.24, 2.45) is 5.92 Å². The van der Waals surface area contributed by atoms with E-state index in [1.807, 2.05) is 6.07 Å². The molecule has 1 N–H and O–H groups in total. The highest BCUT2D eigenvalue weighted by molar-refractivity contribution is 7.92. The van der Waals surface area contributed by atoms with Gasteiger partial charge in [-0.1, -0.05) is 12.1 Å². The van der Waals surface area contributed by atoms with Gasteiger partial charge in [0.1, 0.15) is 17.3 Å². The number of aromatic nitrogens is 1. The summed E-state index contributed by atoms with van der Waals surface area (Å²) in [4.78, 5) is 15.6. The number of pyridine rings is 1. The van der Waals surface area contributed by atoms with Crippen LogP contribution in [0.3, 0.4) is 0 Å². The predicted octanol–water partition coefficient (Wildman–Crippen LogP) is 3.42. The van der Waals surface area contributed by atoms with E-state index < -0.39 is 10.0 Å². The first-order valence-electron chi connectivity index (χ1n) is 11.2. The second kappa shape index (κ2) is 8.88. The molecule has 2 aliphatic heterocycles. The van der Waals surface area contributed by atoms with Crippen LogP contribution in [0.5, 0.6) is 5.75 Å². The normalized spacial score (nSPS) is 19.9. The van der Waals surface area contributed by atoms with Crippen LogP contribution in [-0.4, -0.2) is 38.1 Å². The van der Waals surface area contributed by atoms with E-state index in [1.165, 1.54) is 31.4 Å². The van der Waals surface area contributed by atoms with Gasteiger partial charge in [0, 0.05) is 37.8 Å². The van der Waals surface area contributed by atoms with E-state index in [1.54, 1.807) is 34.9 Å². The summed E-state index contributed by atoms with van der Waals surface area (Å²) in [6.07, 6.45) is 0.996. The fourth-order valence-electron chi connectivity index (χ4n) is 5.06. The lowest BCUT2D eigenvalue weighted by molar-refractivity contribution is 0.114. The first kappa shape index (κ1) is 22.6. The zero-order valence-electron chi connectivity index (χ0n) is 18.8. The van der Waals surface area contributed by atoms with Crippen molar-refractivity contribution in [1.29, 1.82) is 0 Å². The van der Waals surface area contributed by atoms with Crippen molar-refractivity contribution < 1.29 is 17.5 Å². The van der Waals surface area contributed by atoms with Crippen molar-refractivity contribution in [3.8, 4) is 5.75 Å². The Hall–Kier alpha value is -3.17. The third-order valence-electron chi connectivity index (χ3n) is 6.61. The second-order valence-electron chi connectivity index (χ2n) is 8.99. The van der Waals surface area contributed by atoms with Crippen LogP contribution in [0.4, 0.5) is 10.1 Å². The van der Waals surface area contributed by atoms with E-state index in [0.717, 1.165) is 37.3 Å². The number of hydrogen-bond donors (Lipinski definition) is 1. The van der Waals surface area contributed by atoms with Crippen LogP contribution in [0.15, 0.2) is 70.4 Å². The number of sulfonamides is 1. The summed E-state index contributed by atoms with van der Waals surface area (Å²) in [6, 6.07) is 16.0. The number of ether oxygens (including phenoxy) is 1. The molecular weight excluding hydrogens is 457 g/mol. The molecule has 0 amide bonds. The fourth-order valence-corrected chi connectivity index (χ4v) is 6.12. The zero-order valence-corrected chi connectivity index (χ0v) is 19.6. The lowest BCUT2D eigenvalue weighted by Gasteiger charge is -2.43. The molecule has 0 unspecified atom stereocenters. The van der Waals surface area contributed by atoms with Gasteiger partial charge in [0.25, 0.3) is 15.6 Å². The van der Waals surface area contributed by atoms with E-state index in [2.05, 4.69) is 9.62 Å². The van der Waals surface area contributed by atoms with Crippen LogP contribution < -0.4 is 15.0 Å². The zero-order chi connectivity index (χ0) is 23.9. The molecule has 5 rings (SSSR count). The largest absolute Gasteiger partial charge is 0.497 e. The lowest BCUT2D eigenvalue weighted by atomic mass is 9.83. The molecule has 0 saturated carbocycles. The van der Waals surface area contributed by atoms with Crippen LogP contribution in [0.2, 0.25) is 0 Å². The van der Waals surface area contributed by atoms with Crippen molar-refractivity contribution in [3.05, 3.63) is 88.1 Å². The van der Waals surface area contributed by atoms with Gasteiger partial charge in [0.2, 0.25) is 0 Å². The second-order valence-corrected chi connectivity index (χ2v) is 10.7. The number of halogens is 1. The summed E-state index contributed by atoms with van der Waals surface area (Å²) in [6.45, 7) is 2.91. The minimum atomic E-state index is -3.91. The van der Waals surface area contributed by atoms with Gasteiger partial charge < -0.3 is 9.30 Å². The number of likely N-dealkylation sites (tertiary alicyclic amines) is 1. The van der Waals surface area contributed by atoms with Gasteiger partial charge in [0.15, 0.2) is 0 Å². The minimum absolute atomic E-state index is 0.0442. The Morgan fingerprint density at radius 3 is 2.44 bits per heavy atom. The molecule has 2 aliphatic rings. The Labute approximate surface area is 197 Å². The summed E-state index contributed by atoms with van der Waals surface area (Å²) in [5.74, 6) is 0.782. The highest BCUT2D eigenvalue weighted by Gasteiger charge is 2.35. The Morgan fingerprint density at radius 1 is 1.00 bits per heavy atom. The van der Waals surface area contributed by atoms with Gasteiger partial charge in [0.05, 0.1) is 12.0 Å². The molecule has 0 radical (unpaired) electrons. The van der Waals surface area contributed by atoms with E-state index in [4.69, 9.17) is 4.74 Å². The molecule has 1 fully saturated rings. The van der Waals surface area contributed by atoms with Crippen LogP contribution in [-0.2, 0) is 23.1 Å². The van der Waals surface area contributed by atoms with E-state index in [0.29, 0.717) is 12.3 Å². The summed E-state index contributed by atoms with van der Waals surface area (Å²) >= 11 is 0. The number of hydrogen-bond acceptors (Lipinski definition) is 5. The van der Waals surface area contributed by atoms with Crippen molar-refractivity contribution in [2.75, 3.05) is 24.9 Å². The van der Waals surface area contributed by atoms with Gasteiger partial charge >= 0.3 is 0 Å². The number of nitrogens with zero attached hydrogens (tertiary/aromatic N) is 2. The molecule has 0 aliphatic carbocycles. The molecule has 7 nitrogen and oxygen atoms in total.